The maximum absolute atomic E-state index is 12.3. The highest BCUT2D eigenvalue weighted by Crippen LogP contribution is 2.34. The topological polar surface area (TPSA) is 94.5 Å². The van der Waals surface area contributed by atoms with Gasteiger partial charge in [-0.2, -0.15) is 5.10 Å². The number of thiophene rings is 1. The van der Waals surface area contributed by atoms with E-state index < -0.39 is 11.9 Å². The number of ether oxygens (including phenoxy) is 2. The van der Waals surface area contributed by atoms with Gasteiger partial charge in [0.1, 0.15) is 9.88 Å². The summed E-state index contributed by atoms with van der Waals surface area (Å²) < 4.78 is 11.6. The van der Waals surface area contributed by atoms with Crippen molar-refractivity contribution < 1.29 is 19.1 Å². The van der Waals surface area contributed by atoms with Gasteiger partial charge >= 0.3 is 11.9 Å². The molecule has 2 aromatic heterocycles. The molecule has 0 saturated heterocycles. The number of methoxy groups -OCH3 is 2. The molecule has 0 fully saturated rings. The third-order valence-corrected chi connectivity index (χ3v) is 6.32. The van der Waals surface area contributed by atoms with Gasteiger partial charge in [0.2, 0.25) is 0 Å². The molecule has 168 valence electrons. The lowest BCUT2D eigenvalue weighted by atomic mass is 10.1. The summed E-state index contributed by atoms with van der Waals surface area (Å²) in [5.41, 5.74) is 4.34. The Morgan fingerprint density at radius 2 is 1.72 bits per heavy atom. The molecule has 10 heteroatoms. The van der Waals surface area contributed by atoms with Crippen molar-refractivity contribution >= 4 is 51.3 Å². The predicted octanol–water partition coefficient (Wildman–Crippen LogP) is 4.30. The Balaban J connectivity index is 1.83. The van der Waals surface area contributed by atoms with Gasteiger partial charge in [-0.05, 0) is 44.1 Å². The molecule has 3 aromatic rings. The summed E-state index contributed by atoms with van der Waals surface area (Å²) in [4.78, 5) is 24.7. The van der Waals surface area contributed by atoms with Gasteiger partial charge in [0.15, 0.2) is 5.11 Å². The van der Waals surface area contributed by atoms with E-state index in [9.17, 15) is 9.59 Å². The van der Waals surface area contributed by atoms with Crippen molar-refractivity contribution in [2.24, 2.45) is 0 Å². The van der Waals surface area contributed by atoms with Crippen molar-refractivity contribution in [2.75, 3.05) is 24.9 Å². The van der Waals surface area contributed by atoms with Crippen molar-refractivity contribution in [2.45, 2.75) is 27.3 Å². The molecular formula is C22H24N4O4S2. The summed E-state index contributed by atoms with van der Waals surface area (Å²) in [7, 11) is 2.57. The van der Waals surface area contributed by atoms with Crippen LogP contribution >= 0.6 is 23.6 Å². The first-order valence-corrected chi connectivity index (χ1v) is 10.9. The Morgan fingerprint density at radius 1 is 1.06 bits per heavy atom. The van der Waals surface area contributed by atoms with E-state index >= 15 is 0 Å². The van der Waals surface area contributed by atoms with E-state index in [1.807, 2.05) is 48.9 Å². The molecule has 1 aromatic carbocycles. The van der Waals surface area contributed by atoms with Gasteiger partial charge in [-0.15, -0.1) is 11.3 Å². The quantitative estimate of drug-likeness (QED) is 0.405. The fraction of sp³-hybridized carbons (Fsp3) is 0.273. The van der Waals surface area contributed by atoms with E-state index in [1.54, 1.807) is 6.92 Å². The van der Waals surface area contributed by atoms with Crippen LogP contribution in [0.1, 0.15) is 42.5 Å². The summed E-state index contributed by atoms with van der Waals surface area (Å²) in [5.74, 6) is -1.10. The number of esters is 2. The molecule has 8 nitrogen and oxygen atoms in total. The number of aryl methyl sites for hydroxylation is 1. The number of aromatic nitrogens is 2. The summed E-state index contributed by atoms with van der Waals surface area (Å²) in [6.45, 7) is 6.15. The molecule has 0 amide bonds. The maximum atomic E-state index is 12.3. The van der Waals surface area contributed by atoms with Gasteiger partial charge < -0.3 is 20.1 Å². The molecule has 0 aliphatic rings. The first-order valence-electron chi connectivity index (χ1n) is 9.72. The zero-order valence-electron chi connectivity index (χ0n) is 18.4. The Hall–Kier alpha value is -3.24. The Labute approximate surface area is 195 Å². The SMILES string of the molecule is COC(=O)c1sc(NC(=S)Nc2c(C)nn(Cc3ccccc3)c2C)c(C(=O)OC)c1C. The van der Waals surface area contributed by atoms with Crippen LogP contribution in [0.4, 0.5) is 10.7 Å². The molecule has 3 rings (SSSR count). The molecule has 2 N–H and O–H groups in total. The van der Waals surface area contributed by atoms with Crippen molar-refractivity contribution in [1.82, 2.24) is 9.78 Å². The number of hydrogen-bond donors (Lipinski definition) is 2. The summed E-state index contributed by atoms with van der Waals surface area (Å²) in [5, 5.41) is 11.5. The van der Waals surface area contributed by atoms with Crippen LogP contribution in [0.25, 0.3) is 0 Å². The number of anilines is 2. The predicted molar refractivity (Wildman–Crippen MR) is 129 cm³/mol. The van der Waals surface area contributed by atoms with E-state index in [0.29, 0.717) is 22.0 Å². The number of nitrogens with zero attached hydrogens (tertiary/aromatic N) is 2. The van der Waals surface area contributed by atoms with E-state index in [-0.39, 0.29) is 10.7 Å². The zero-order chi connectivity index (χ0) is 23.4. The zero-order valence-corrected chi connectivity index (χ0v) is 20.1. The van der Waals surface area contributed by atoms with Crippen molar-refractivity contribution in [3.63, 3.8) is 0 Å². The van der Waals surface area contributed by atoms with Crippen LogP contribution in [0.2, 0.25) is 0 Å². The van der Waals surface area contributed by atoms with Crippen molar-refractivity contribution in [3.8, 4) is 0 Å². The first-order chi connectivity index (χ1) is 15.3. The average molecular weight is 473 g/mol. The van der Waals surface area contributed by atoms with Gasteiger partial charge in [-0.1, -0.05) is 30.3 Å². The number of hydrogen-bond acceptors (Lipinski definition) is 7. The summed E-state index contributed by atoms with van der Waals surface area (Å²) in [6.07, 6.45) is 0. The number of thiocarbonyl (C=S) groups is 1. The molecule has 0 aliphatic carbocycles. The number of carbonyl (C=O) groups is 2. The molecule has 0 saturated carbocycles. The Kier molecular flexibility index (Phi) is 7.26. The third kappa shape index (κ3) is 4.81. The van der Waals surface area contributed by atoms with E-state index in [2.05, 4.69) is 15.7 Å². The van der Waals surface area contributed by atoms with Gasteiger partial charge in [0.05, 0.1) is 43.4 Å². The van der Waals surface area contributed by atoms with E-state index in [1.165, 1.54) is 14.2 Å². The van der Waals surface area contributed by atoms with Crippen LogP contribution < -0.4 is 10.6 Å². The van der Waals surface area contributed by atoms with Crippen LogP contribution in [-0.2, 0) is 16.0 Å². The lowest BCUT2D eigenvalue weighted by molar-refractivity contribution is 0.0601. The van der Waals surface area contributed by atoms with Gasteiger partial charge in [0.25, 0.3) is 0 Å². The van der Waals surface area contributed by atoms with Crippen LogP contribution in [0.15, 0.2) is 30.3 Å². The normalized spacial score (nSPS) is 10.5. The number of benzene rings is 1. The van der Waals surface area contributed by atoms with Gasteiger partial charge in [-0.3, -0.25) is 4.68 Å². The van der Waals surface area contributed by atoms with Crippen molar-refractivity contribution in [3.05, 3.63) is 63.3 Å². The maximum Gasteiger partial charge on any atom is 0.348 e. The second-order valence-electron chi connectivity index (χ2n) is 7.01. The monoisotopic (exact) mass is 472 g/mol. The lowest BCUT2D eigenvalue weighted by Crippen LogP contribution is -2.21. The van der Waals surface area contributed by atoms with Crippen molar-refractivity contribution in [1.29, 1.82) is 0 Å². The fourth-order valence-electron chi connectivity index (χ4n) is 3.27. The highest BCUT2D eigenvalue weighted by atomic mass is 32.1. The molecule has 0 unspecified atom stereocenters. The second kappa shape index (κ2) is 9.92. The number of rotatable bonds is 6. The molecule has 0 atom stereocenters. The molecule has 0 bridgehead atoms. The van der Waals surface area contributed by atoms with Crippen LogP contribution in [0.3, 0.4) is 0 Å². The standard InChI is InChI=1S/C22H24N4O4S2/c1-12-16(20(27)29-4)19(32-18(12)21(28)30-5)24-22(31)23-17-13(2)25-26(14(17)3)11-15-9-7-6-8-10-15/h6-10H,11H2,1-5H3,(H2,23,24,31). The molecule has 32 heavy (non-hydrogen) atoms. The van der Waals surface area contributed by atoms with E-state index in [0.717, 1.165) is 34.0 Å². The van der Waals surface area contributed by atoms with Crippen LogP contribution in [0, 0.1) is 20.8 Å². The molecule has 0 aliphatic heterocycles. The Morgan fingerprint density at radius 3 is 2.34 bits per heavy atom. The highest BCUT2D eigenvalue weighted by Gasteiger charge is 2.26. The Bertz CT molecular complexity index is 1170. The van der Waals surface area contributed by atoms with E-state index in [4.69, 9.17) is 21.7 Å². The molecule has 0 radical (unpaired) electrons. The third-order valence-electron chi connectivity index (χ3n) is 4.93. The summed E-state index contributed by atoms with van der Waals surface area (Å²) >= 11 is 6.57. The smallest absolute Gasteiger partial charge is 0.348 e. The minimum absolute atomic E-state index is 0.246. The molecule has 2 heterocycles. The minimum Gasteiger partial charge on any atom is -0.465 e. The molecular weight excluding hydrogens is 448 g/mol. The first kappa shape index (κ1) is 23.4. The minimum atomic E-state index is -0.567. The largest absolute Gasteiger partial charge is 0.465 e. The lowest BCUT2D eigenvalue weighted by Gasteiger charge is -2.11. The average Bonchev–Trinajstić information content (AvgIpc) is 3.24. The number of carbonyl (C=O) groups excluding carboxylic acids is 2. The fourth-order valence-corrected chi connectivity index (χ4v) is 4.66. The van der Waals surface area contributed by atoms with Gasteiger partial charge in [0, 0.05) is 0 Å². The van der Waals surface area contributed by atoms with Gasteiger partial charge in [-0.25, -0.2) is 9.59 Å². The second-order valence-corrected chi connectivity index (χ2v) is 8.44. The summed E-state index contributed by atoms with van der Waals surface area (Å²) in [6, 6.07) is 10.0. The van der Waals surface area contributed by atoms with Crippen LogP contribution in [0.5, 0.6) is 0 Å². The van der Waals surface area contributed by atoms with Crippen LogP contribution in [-0.4, -0.2) is 41.1 Å². The number of nitrogens with one attached hydrogen (secondary N) is 2. The highest BCUT2D eigenvalue weighted by molar-refractivity contribution is 7.80. The molecule has 0 spiro atoms.